The first-order valence-corrected chi connectivity index (χ1v) is 14.2. The molecular weight excluding hydrogens is 480 g/mol. The van der Waals surface area contributed by atoms with Crippen LogP contribution in [-0.4, -0.2) is 0 Å². The lowest BCUT2D eigenvalue weighted by atomic mass is 9.70. The van der Waals surface area contributed by atoms with Gasteiger partial charge in [0.15, 0.2) is 0 Å². The number of hydrogen-bond acceptors (Lipinski definition) is 0. The number of fused-ring (bicyclic) bond motifs is 13. The molecule has 190 valence electrons. The van der Waals surface area contributed by atoms with E-state index >= 15 is 0 Å². The maximum Gasteiger partial charge on any atom is 0.0725 e. The van der Waals surface area contributed by atoms with E-state index in [1.807, 2.05) is 0 Å². The Morgan fingerprint density at radius 2 is 0.825 bits per heavy atom. The summed E-state index contributed by atoms with van der Waals surface area (Å²) < 4.78 is 0. The van der Waals surface area contributed by atoms with Crippen molar-refractivity contribution >= 4 is 0 Å². The zero-order chi connectivity index (χ0) is 26.8. The molecule has 0 atom stereocenters. The first-order valence-electron chi connectivity index (χ1n) is 14.2. The Bertz CT molecular complexity index is 1890. The minimum absolute atomic E-state index is 0.189. The molecule has 0 nitrogen and oxygen atoms in total. The van der Waals surface area contributed by atoms with Crippen LogP contribution in [0, 0.1) is 13.8 Å². The van der Waals surface area contributed by atoms with Crippen molar-refractivity contribution < 1.29 is 0 Å². The molecule has 0 N–H and O–H groups in total. The summed E-state index contributed by atoms with van der Waals surface area (Å²) in [5.74, 6) is 0. The summed E-state index contributed by atoms with van der Waals surface area (Å²) in [5.41, 5.74) is 19.4. The van der Waals surface area contributed by atoms with E-state index in [1.54, 1.807) is 0 Å². The van der Waals surface area contributed by atoms with Crippen molar-refractivity contribution in [2.24, 2.45) is 0 Å². The summed E-state index contributed by atoms with van der Waals surface area (Å²) in [4.78, 5) is 0. The van der Waals surface area contributed by atoms with E-state index in [9.17, 15) is 0 Å². The standard InChI is InChI=1S/C26H18.C14H12/c1-17-14-15-21-20-10-4-7-13-24(20)26(25(21)16-17)22-11-5-2-8-18(22)19-9-3-6-12-23(19)26;1-10-6-7-12-9-11-4-2-3-5-13(11)14(12)8-10/h2-16H,1H3;2-8H,9H2,1H3. The summed E-state index contributed by atoms with van der Waals surface area (Å²) in [5, 5.41) is 0. The third-order valence-corrected chi connectivity index (χ3v) is 9.11. The van der Waals surface area contributed by atoms with Gasteiger partial charge in [0.25, 0.3) is 0 Å². The van der Waals surface area contributed by atoms with Crippen LogP contribution in [0.5, 0.6) is 0 Å². The van der Waals surface area contributed by atoms with E-state index in [1.165, 1.54) is 77.9 Å². The van der Waals surface area contributed by atoms with Crippen molar-refractivity contribution in [2.45, 2.75) is 25.7 Å². The Labute approximate surface area is 236 Å². The lowest BCUT2D eigenvalue weighted by Crippen LogP contribution is -2.25. The van der Waals surface area contributed by atoms with Crippen LogP contribution in [0.1, 0.15) is 44.5 Å². The smallest absolute Gasteiger partial charge is 0.0619 e. The molecule has 40 heavy (non-hydrogen) atoms. The van der Waals surface area contributed by atoms with Crippen molar-refractivity contribution in [1.29, 1.82) is 0 Å². The van der Waals surface area contributed by atoms with Gasteiger partial charge in [0.1, 0.15) is 0 Å². The minimum atomic E-state index is -0.189. The Hall–Kier alpha value is -4.68. The maximum absolute atomic E-state index is 2.40. The first-order chi connectivity index (χ1) is 19.7. The fourth-order valence-electron chi connectivity index (χ4n) is 7.45. The Kier molecular flexibility index (Phi) is 5.03. The monoisotopic (exact) mass is 510 g/mol. The van der Waals surface area contributed by atoms with Crippen LogP contribution >= 0.6 is 0 Å². The second-order valence-electron chi connectivity index (χ2n) is 11.4. The average Bonchev–Trinajstić information content (AvgIpc) is 3.61. The molecule has 0 aliphatic heterocycles. The molecule has 1 spiro atoms. The van der Waals surface area contributed by atoms with Crippen LogP contribution in [-0.2, 0) is 11.8 Å². The summed E-state index contributed by atoms with van der Waals surface area (Å²) in [6, 6.07) is 49.2. The Morgan fingerprint density at radius 3 is 1.45 bits per heavy atom. The van der Waals surface area contributed by atoms with Gasteiger partial charge in [-0.15, -0.1) is 0 Å². The van der Waals surface area contributed by atoms with Crippen LogP contribution < -0.4 is 0 Å². The molecule has 0 amide bonds. The highest BCUT2D eigenvalue weighted by molar-refractivity contribution is 5.94. The van der Waals surface area contributed by atoms with Gasteiger partial charge in [0, 0.05) is 0 Å². The second-order valence-corrected chi connectivity index (χ2v) is 11.4. The molecule has 0 heterocycles. The molecule has 0 heteroatoms. The molecular formula is C40H30. The molecule has 0 bridgehead atoms. The quantitative estimate of drug-likeness (QED) is 0.190. The van der Waals surface area contributed by atoms with Crippen molar-refractivity contribution in [3.63, 3.8) is 0 Å². The zero-order valence-corrected chi connectivity index (χ0v) is 22.9. The molecule has 0 fully saturated rings. The summed E-state index contributed by atoms with van der Waals surface area (Å²) in [7, 11) is 0. The number of rotatable bonds is 0. The third-order valence-electron chi connectivity index (χ3n) is 9.11. The zero-order valence-electron chi connectivity index (χ0n) is 22.9. The molecule has 6 aromatic carbocycles. The Morgan fingerprint density at radius 1 is 0.375 bits per heavy atom. The topological polar surface area (TPSA) is 0 Å². The highest BCUT2D eigenvalue weighted by Crippen LogP contribution is 2.62. The average molecular weight is 511 g/mol. The van der Waals surface area contributed by atoms with Crippen LogP contribution in [0.4, 0.5) is 0 Å². The van der Waals surface area contributed by atoms with Gasteiger partial charge < -0.3 is 0 Å². The summed E-state index contributed by atoms with van der Waals surface area (Å²) in [6.07, 6.45) is 1.10. The van der Waals surface area contributed by atoms with Crippen molar-refractivity contribution in [1.82, 2.24) is 0 Å². The van der Waals surface area contributed by atoms with Gasteiger partial charge in [-0.1, -0.05) is 145 Å². The predicted octanol–water partition coefficient (Wildman–Crippen LogP) is 9.90. The number of aryl methyl sites for hydroxylation is 2. The van der Waals surface area contributed by atoms with E-state index in [0.29, 0.717) is 0 Å². The molecule has 0 saturated carbocycles. The molecule has 9 rings (SSSR count). The molecule has 6 aromatic rings. The van der Waals surface area contributed by atoms with E-state index in [0.717, 1.165) is 6.42 Å². The van der Waals surface area contributed by atoms with Crippen molar-refractivity contribution in [3.8, 4) is 33.4 Å². The molecule has 0 unspecified atom stereocenters. The van der Waals surface area contributed by atoms with Crippen LogP contribution in [0.15, 0.2) is 133 Å². The normalized spacial score (nSPS) is 13.8. The summed E-state index contributed by atoms with van der Waals surface area (Å²) >= 11 is 0. The SMILES string of the molecule is Cc1ccc2c(c1)-c1ccccc1C2.Cc1ccc2c(c1)C1(c3ccccc3-c3ccccc31)c1ccccc1-2. The van der Waals surface area contributed by atoms with Crippen LogP contribution in [0.25, 0.3) is 33.4 Å². The van der Waals surface area contributed by atoms with Gasteiger partial charge in [-0.2, -0.15) is 0 Å². The highest BCUT2D eigenvalue weighted by atomic mass is 14.5. The molecule has 3 aliphatic carbocycles. The lowest BCUT2D eigenvalue weighted by molar-refractivity contribution is 0.792. The first kappa shape index (κ1) is 23.2. The summed E-state index contributed by atoms with van der Waals surface area (Å²) in [6.45, 7) is 4.35. The lowest BCUT2D eigenvalue weighted by Gasteiger charge is -2.30. The molecule has 3 aliphatic rings. The minimum Gasteiger partial charge on any atom is -0.0619 e. The van der Waals surface area contributed by atoms with Crippen LogP contribution in [0.2, 0.25) is 0 Å². The van der Waals surface area contributed by atoms with E-state index in [4.69, 9.17) is 0 Å². The third kappa shape index (κ3) is 3.14. The fourth-order valence-corrected chi connectivity index (χ4v) is 7.45. The predicted molar refractivity (Wildman–Crippen MR) is 167 cm³/mol. The van der Waals surface area contributed by atoms with E-state index < -0.39 is 0 Å². The van der Waals surface area contributed by atoms with Crippen molar-refractivity contribution in [2.75, 3.05) is 0 Å². The highest BCUT2D eigenvalue weighted by Gasteiger charge is 2.51. The van der Waals surface area contributed by atoms with Crippen molar-refractivity contribution in [3.05, 3.63) is 178 Å². The van der Waals surface area contributed by atoms with Gasteiger partial charge in [-0.05, 0) is 87.0 Å². The fraction of sp³-hybridized carbons (Fsp3) is 0.100. The van der Waals surface area contributed by atoms with Gasteiger partial charge in [0.2, 0.25) is 0 Å². The molecule has 0 radical (unpaired) electrons. The van der Waals surface area contributed by atoms with Gasteiger partial charge in [-0.3, -0.25) is 0 Å². The van der Waals surface area contributed by atoms with E-state index in [2.05, 4.69) is 147 Å². The van der Waals surface area contributed by atoms with Crippen LogP contribution in [0.3, 0.4) is 0 Å². The largest absolute Gasteiger partial charge is 0.0725 e. The van der Waals surface area contributed by atoms with Gasteiger partial charge in [0.05, 0.1) is 5.41 Å². The van der Waals surface area contributed by atoms with E-state index in [-0.39, 0.29) is 5.41 Å². The molecule has 0 saturated heterocycles. The van der Waals surface area contributed by atoms with Gasteiger partial charge in [-0.25, -0.2) is 0 Å². The number of hydrogen-bond donors (Lipinski definition) is 0. The Balaban J connectivity index is 0.000000148. The number of benzene rings is 6. The second kappa shape index (κ2) is 8.66. The maximum atomic E-state index is 2.40. The molecule has 0 aromatic heterocycles. The van der Waals surface area contributed by atoms with Gasteiger partial charge >= 0.3 is 0 Å².